The summed E-state index contributed by atoms with van der Waals surface area (Å²) in [6.45, 7) is 4.72. The minimum atomic E-state index is -0.373. The summed E-state index contributed by atoms with van der Waals surface area (Å²) in [5, 5.41) is 1.94. The lowest BCUT2D eigenvalue weighted by molar-refractivity contribution is 0.0526. The average Bonchev–Trinajstić information content (AvgIpc) is 3.14. The molecule has 0 unspecified atom stereocenters. The Kier molecular flexibility index (Phi) is 5.86. The molecular formula is C24H22N2O4S. The number of rotatable bonds is 5. The third-order valence-electron chi connectivity index (χ3n) is 5.01. The lowest BCUT2D eigenvalue weighted by Gasteiger charge is -2.07. The number of benzene rings is 3. The molecule has 0 spiro atoms. The predicted octanol–water partition coefficient (Wildman–Crippen LogP) is 4.80. The molecule has 0 aliphatic heterocycles. The normalized spacial score (nSPS) is 11.8. The fourth-order valence-corrected chi connectivity index (χ4v) is 4.64. The Bertz CT molecular complexity index is 1370. The smallest absolute Gasteiger partial charge is 0.338 e. The monoisotopic (exact) mass is 434 g/mol. The third-order valence-corrected chi connectivity index (χ3v) is 6.05. The van der Waals surface area contributed by atoms with Gasteiger partial charge in [0.2, 0.25) is 0 Å². The number of aryl methyl sites for hydroxylation is 1. The SMILES string of the molecule is CCOC(=O)c1ccc2c(c1)sc(=NC(=O)c1cc3ccccc3cc1OC)n2CC. The molecule has 0 bridgehead atoms. The topological polar surface area (TPSA) is 69.9 Å². The fraction of sp³-hybridized carbons (Fsp3) is 0.208. The van der Waals surface area contributed by atoms with Crippen LogP contribution in [0.4, 0.5) is 0 Å². The molecule has 0 fully saturated rings. The minimum Gasteiger partial charge on any atom is -0.496 e. The highest BCUT2D eigenvalue weighted by atomic mass is 32.1. The molecule has 31 heavy (non-hydrogen) atoms. The van der Waals surface area contributed by atoms with Crippen LogP contribution in [0, 0.1) is 0 Å². The summed E-state index contributed by atoms with van der Waals surface area (Å²) in [5.41, 5.74) is 1.80. The van der Waals surface area contributed by atoms with Crippen molar-refractivity contribution in [2.75, 3.05) is 13.7 Å². The molecule has 1 amide bonds. The summed E-state index contributed by atoms with van der Waals surface area (Å²) in [6, 6.07) is 16.8. The van der Waals surface area contributed by atoms with Gasteiger partial charge in [-0.05, 0) is 55.0 Å². The predicted molar refractivity (Wildman–Crippen MR) is 122 cm³/mol. The molecule has 0 N–H and O–H groups in total. The molecule has 1 aromatic heterocycles. The number of carbonyl (C=O) groups is 2. The molecule has 4 rings (SSSR count). The molecule has 4 aromatic rings. The molecule has 0 radical (unpaired) electrons. The Morgan fingerprint density at radius 1 is 1.03 bits per heavy atom. The van der Waals surface area contributed by atoms with Crippen LogP contribution in [0.2, 0.25) is 0 Å². The largest absolute Gasteiger partial charge is 0.496 e. The molecule has 0 aliphatic carbocycles. The molecule has 7 heteroatoms. The summed E-state index contributed by atoms with van der Waals surface area (Å²) < 4.78 is 13.4. The summed E-state index contributed by atoms with van der Waals surface area (Å²) in [4.78, 5) is 30.2. The van der Waals surface area contributed by atoms with Crippen LogP contribution in [0.3, 0.4) is 0 Å². The van der Waals surface area contributed by atoms with Crippen LogP contribution in [0.25, 0.3) is 21.0 Å². The van der Waals surface area contributed by atoms with Gasteiger partial charge in [0.1, 0.15) is 5.75 Å². The Morgan fingerprint density at radius 2 is 1.77 bits per heavy atom. The van der Waals surface area contributed by atoms with Crippen LogP contribution >= 0.6 is 11.3 Å². The number of ether oxygens (including phenoxy) is 2. The van der Waals surface area contributed by atoms with Crippen LogP contribution in [0.15, 0.2) is 59.6 Å². The van der Waals surface area contributed by atoms with Gasteiger partial charge < -0.3 is 14.0 Å². The first-order valence-electron chi connectivity index (χ1n) is 10.0. The van der Waals surface area contributed by atoms with E-state index >= 15 is 0 Å². The van der Waals surface area contributed by atoms with E-state index in [1.165, 1.54) is 11.3 Å². The zero-order valence-corrected chi connectivity index (χ0v) is 18.4. The molecule has 1 heterocycles. The zero-order chi connectivity index (χ0) is 22.0. The first-order chi connectivity index (χ1) is 15.0. The summed E-state index contributed by atoms with van der Waals surface area (Å²) in [5.74, 6) is -0.250. The first-order valence-corrected chi connectivity index (χ1v) is 10.8. The highest BCUT2D eigenvalue weighted by molar-refractivity contribution is 7.16. The van der Waals surface area contributed by atoms with Crippen molar-refractivity contribution >= 4 is 44.2 Å². The Hall–Kier alpha value is -3.45. The Labute approximate surface area is 183 Å². The number of thiazole rings is 1. The van der Waals surface area contributed by atoms with Crippen molar-refractivity contribution in [1.82, 2.24) is 4.57 Å². The second kappa shape index (κ2) is 8.73. The van der Waals surface area contributed by atoms with Crippen molar-refractivity contribution < 1.29 is 19.1 Å². The van der Waals surface area contributed by atoms with Crippen LogP contribution in [0.1, 0.15) is 34.6 Å². The minimum absolute atomic E-state index is 0.318. The van der Waals surface area contributed by atoms with Gasteiger partial charge in [-0.3, -0.25) is 4.79 Å². The summed E-state index contributed by atoms with van der Waals surface area (Å²) in [6.07, 6.45) is 0. The van der Waals surface area contributed by atoms with Gasteiger partial charge in [0, 0.05) is 6.54 Å². The van der Waals surface area contributed by atoms with Crippen LogP contribution < -0.4 is 9.54 Å². The van der Waals surface area contributed by atoms with Gasteiger partial charge in [-0.25, -0.2) is 4.79 Å². The van der Waals surface area contributed by atoms with Gasteiger partial charge in [0.15, 0.2) is 4.80 Å². The van der Waals surface area contributed by atoms with Crippen molar-refractivity contribution in [2.45, 2.75) is 20.4 Å². The van der Waals surface area contributed by atoms with Crippen LogP contribution in [-0.2, 0) is 11.3 Å². The van der Waals surface area contributed by atoms with E-state index < -0.39 is 0 Å². The van der Waals surface area contributed by atoms with E-state index in [1.54, 1.807) is 26.2 Å². The van der Waals surface area contributed by atoms with Crippen molar-refractivity contribution in [3.63, 3.8) is 0 Å². The summed E-state index contributed by atoms with van der Waals surface area (Å²) >= 11 is 1.37. The first kappa shape index (κ1) is 20.8. The molecule has 0 saturated carbocycles. The summed E-state index contributed by atoms with van der Waals surface area (Å²) in [7, 11) is 1.55. The van der Waals surface area contributed by atoms with E-state index in [2.05, 4.69) is 4.99 Å². The van der Waals surface area contributed by atoms with Gasteiger partial charge in [-0.2, -0.15) is 4.99 Å². The maximum absolute atomic E-state index is 13.1. The molecule has 6 nitrogen and oxygen atoms in total. The van der Waals surface area contributed by atoms with E-state index in [0.29, 0.717) is 34.8 Å². The van der Waals surface area contributed by atoms with E-state index in [1.807, 2.05) is 54.0 Å². The number of methoxy groups -OCH3 is 1. The van der Waals surface area contributed by atoms with E-state index in [-0.39, 0.29) is 11.9 Å². The van der Waals surface area contributed by atoms with E-state index in [0.717, 1.165) is 21.0 Å². The average molecular weight is 435 g/mol. The zero-order valence-electron chi connectivity index (χ0n) is 17.5. The molecule has 158 valence electrons. The Balaban J connectivity index is 1.82. The van der Waals surface area contributed by atoms with Gasteiger partial charge >= 0.3 is 5.97 Å². The van der Waals surface area contributed by atoms with Crippen molar-refractivity contribution in [2.24, 2.45) is 4.99 Å². The quantitative estimate of drug-likeness (QED) is 0.423. The molecule has 3 aromatic carbocycles. The lowest BCUT2D eigenvalue weighted by Crippen LogP contribution is -2.16. The highest BCUT2D eigenvalue weighted by Crippen LogP contribution is 2.27. The molecular weight excluding hydrogens is 412 g/mol. The highest BCUT2D eigenvalue weighted by Gasteiger charge is 2.15. The maximum Gasteiger partial charge on any atom is 0.338 e. The fourth-order valence-electron chi connectivity index (χ4n) is 3.51. The van der Waals surface area contributed by atoms with Gasteiger partial charge in [-0.1, -0.05) is 35.6 Å². The number of hydrogen-bond acceptors (Lipinski definition) is 5. The maximum atomic E-state index is 13.1. The number of aromatic nitrogens is 1. The van der Waals surface area contributed by atoms with E-state index in [4.69, 9.17) is 9.47 Å². The standard InChI is InChI=1S/C24H22N2O4S/c1-4-26-19-11-10-17(23(28)30-5-2)14-21(19)31-24(26)25-22(27)18-12-15-8-6-7-9-16(15)13-20(18)29-3/h6-14H,4-5H2,1-3H3. The second-order valence-corrected chi connectivity index (χ2v) is 7.86. The van der Waals surface area contributed by atoms with Gasteiger partial charge in [0.05, 0.1) is 35.1 Å². The van der Waals surface area contributed by atoms with E-state index in [9.17, 15) is 9.59 Å². The number of fused-ring (bicyclic) bond motifs is 2. The number of amides is 1. The Morgan fingerprint density at radius 3 is 2.45 bits per heavy atom. The second-order valence-electron chi connectivity index (χ2n) is 6.85. The van der Waals surface area contributed by atoms with Crippen molar-refractivity contribution in [3.8, 4) is 5.75 Å². The van der Waals surface area contributed by atoms with Gasteiger partial charge in [0.25, 0.3) is 5.91 Å². The molecule has 0 saturated heterocycles. The van der Waals surface area contributed by atoms with Gasteiger partial charge in [-0.15, -0.1) is 0 Å². The molecule has 0 aliphatic rings. The van der Waals surface area contributed by atoms with Crippen LogP contribution in [0.5, 0.6) is 5.75 Å². The van der Waals surface area contributed by atoms with Crippen LogP contribution in [-0.4, -0.2) is 30.2 Å². The number of carbonyl (C=O) groups excluding carboxylic acids is 2. The number of esters is 1. The molecule has 0 atom stereocenters. The third kappa shape index (κ3) is 3.96. The van der Waals surface area contributed by atoms with Crippen molar-refractivity contribution in [1.29, 1.82) is 0 Å². The van der Waals surface area contributed by atoms with Crippen molar-refractivity contribution in [3.05, 3.63) is 70.5 Å². The number of nitrogens with zero attached hydrogens (tertiary/aromatic N) is 2. The lowest BCUT2D eigenvalue weighted by atomic mass is 10.1. The number of hydrogen-bond donors (Lipinski definition) is 0.